The van der Waals surface area contributed by atoms with Crippen LogP contribution in [0.4, 0.5) is 0 Å². The van der Waals surface area contributed by atoms with Gasteiger partial charge in [0.1, 0.15) is 30.3 Å². The first-order valence-electron chi connectivity index (χ1n) is 25.6. The summed E-state index contributed by atoms with van der Waals surface area (Å²) in [7, 11) is 2.83. The zero-order chi connectivity index (χ0) is 55.4. The van der Waals surface area contributed by atoms with Gasteiger partial charge in [-0.25, -0.2) is 9.59 Å². The number of esters is 2. The summed E-state index contributed by atoms with van der Waals surface area (Å²) in [6.07, 6.45) is 3.75. The number of unbranched alkanes of at least 4 members (excludes halogenated alkanes) is 1. The minimum absolute atomic E-state index is 0.0252. The molecule has 1 heterocycles. The first-order chi connectivity index (χ1) is 34.9. The van der Waals surface area contributed by atoms with Crippen LogP contribution in [0.15, 0.2) is 71.8 Å². The zero-order valence-corrected chi connectivity index (χ0v) is 46.1. The molecule has 2 aromatic rings. The van der Waals surface area contributed by atoms with Gasteiger partial charge < -0.3 is 40.5 Å². The molecule has 1 aliphatic heterocycles. The van der Waals surface area contributed by atoms with E-state index in [1.807, 2.05) is 47.6 Å². The van der Waals surface area contributed by atoms with Crippen molar-refractivity contribution in [3.05, 3.63) is 93.5 Å². The minimum atomic E-state index is -1.31. The second kappa shape index (κ2) is 30.1. The number of cyclic esters (lactones) is 2. The molecule has 1 aliphatic rings. The van der Waals surface area contributed by atoms with Crippen molar-refractivity contribution in [2.45, 2.75) is 157 Å². The molecule has 0 saturated heterocycles. The van der Waals surface area contributed by atoms with Crippen LogP contribution in [-0.2, 0) is 49.5 Å². The number of nitrogens with zero attached hydrogens (tertiary/aromatic N) is 2. The Morgan fingerprint density at radius 3 is 2.08 bits per heavy atom. The topological polar surface area (TPSA) is 227 Å². The van der Waals surface area contributed by atoms with Crippen molar-refractivity contribution in [2.75, 3.05) is 27.2 Å². The molecule has 74 heavy (non-hydrogen) atoms. The van der Waals surface area contributed by atoms with Gasteiger partial charge in [0.2, 0.25) is 23.6 Å². The average molecular weight is 1050 g/mol. The molecule has 0 saturated carbocycles. The lowest BCUT2D eigenvalue weighted by molar-refractivity contribution is -0.154. The number of allylic oxidation sites excluding steroid dienone is 2. The molecule has 0 fully saturated rings. The Hall–Kier alpha value is -6.36. The highest BCUT2D eigenvalue weighted by Gasteiger charge is 2.37. The fourth-order valence-corrected chi connectivity index (χ4v) is 8.45. The van der Waals surface area contributed by atoms with Crippen molar-refractivity contribution in [1.82, 2.24) is 31.1 Å². The molecule has 6 amide bonds. The van der Waals surface area contributed by atoms with Gasteiger partial charge in [-0.15, -0.1) is 0 Å². The number of likely N-dealkylation sites (N-methyl/N-ethyl adjacent to an activating group) is 2. The highest BCUT2D eigenvalue weighted by molar-refractivity contribution is 6.30. The molecule has 8 atom stereocenters. The quantitative estimate of drug-likeness (QED) is 0.0674. The van der Waals surface area contributed by atoms with Crippen LogP contribution in [-0.4, -0.2) is 127 Å². The number of carbonyl (C=O) groups excluding carboxylic acids is 9. The van der Waals surface area contributed by atoms with E-state index < -0.39 is 90.3 Å². The van der Waals surface area contributed by atoms with Crippen LogP contribution >= 0.6 is 11.6 Å². The van der Waals surface area contributed by atoms with E-state index >= 15 is 0 Å². The van der Waals surface area contributed by atoms with Gasteiger partial charge in [-0.3, -0.25) is 33.6 Å². The minimum Gasteiger partial charge on any atom is -0.456 e. The second-order valence-electron chi connectivity index (χ2n) is 20.0. The molecule has 17 nitrogen and oxygen atoms in total. The van der Waals surface area contributed by atoms with E-state index in [4.69, 9.17) is 21.1 Å². The van der Waals surface area contributed by atoms with Crippen LogP contribution < -0.4 is 21.3 Å². The number of ketones is 1. The summed E-state index contributed by atoms with van der Waals surface area (Å²) >= 11 is 6.22. The first-order valence-corrected chi connectivity index (χ1v) is 26.0. The first kappa shape index (κ1) is 61.9. The molecule has 406 valence electrons. The number of ether oxygens (including phenoxy) is 2. The second-order valence-corrected chi connectivity index (χ2v) is 20.4. The van der Waals surface area contributed by atoms with Crippen molar-refractivity contribution in [1.29, 1.82) is 0 Å². The largest absolute Gasteiger partial charge is 0.456 e. The van der Waals surface area contributed by atoms with Crippen LogP contribution in [0.5, 0.6) is 0 Å². The lowest BCUT2D eigenvalue weighted by Crippen LogP contribution is -2.58. The number of Topliss-reactive ketones (excluding diaryl/α,β-unsaturated/α-hetero) is 1. The van der Waals surface area contributed by atoms with Gasteiger partial charge in [-0.05, 0) is 126 Å². The van der Waals surface area contributed by atoms with E-state index in [0.29, 0.717) is 53.8 Å². The van der Waals surface area contributed by atoms with Gasteiger partial charge >= 0.3 is 11.9 Å². The standard InChI is InChI=1S/C56H79ClN6O11/c1-13-34(5)48-52(68)59-38(9)56(72)74-49(35(6)14-2)36(7)18-17-19-37(8)55(71)73-46(30-33(3)4)51(67)60-44(20-15-16-29-58-50(66)42-25-23-41(24-26-42)39(10)64)53(69)63(12)45(31-40-21-27-43(57)28-22-40)54(70)62(11)32-47(65)61-48/h14,19,21-28,33-34,36,38,44-46,48-49H,13,15-18,20,29-32H2,1-12H3,(H,58,66)(H,59,68)(H,60,67)(H,61,65)/b35-14+,37-19+/t34-,36+,38-,44+,45-,46-,48+,49-/m1/s1. The molecule has 0 bridgehead atoms. The Morgan fingerprint density at radius 1 is 0.851 bits per heavy atom. The SMILES string of the molecule is C/C=C(\C)[C@H]1OC(=O)[C@@H](C)NC(=O)[C@H]([C@H](C)CC)NC(=O)CN(C)C(=O)[C@@H](Cc2ccc(Cl)cc2)N(C)C(=O)[C@H](CCCCNC(=O)c2ccc(C(C)=O)cc2)NC(=O)[C@@H](CC(C)C)OC(=O)/C(C)=C/CC[C@@H]1C. The number of carbonyl (C=O) groups is 9. The Morgan fingerprint density at radius 2 is 1.49 bits per heavy atom. The summed E-state index contributed by atoms with van der Waals surface area (Å²) in [4.78, 5) is 126. The summed E-state index contributed by atoms with van der Waals surface area (Å²) in [6, 6.07) is 8.27. The highest BCUT2D eigenvalue weighted by atomic mass is 35.5. The predicted molar refractivity (Wildman–Crippen MR) is 284 cm³/mol. The van der Waals surface area contributed by atoms with Crippen molar-refractivity contribution in [2.24, 2.45) is 17.8 Å². The molecule has 0 radical (unpaired) electrons. The van der Waals surface area contributed by atoms with Crippen LogP contribution in [0.25, 0.3) is 0 Å². The zero-order valence-electron chi connectivity index (χ0n) is 45.3. The van der Waals surface area contributed by atoms with Crippen LogP contribution in [0.2, 0.25) is 5.02 Å². The predicted octanol–water partition coefficient (Wildman–Crippen LogP) is 6.70. The van der Waals surface area contributed by atoms with E-state index in [0.717, 1.165) is 10.5 Å². The lowest BCUT2D eigenvalue weighted by atomic mass is 9.93. The number of hydrogen-bond donors (Lipinski definition) is 4. The Bertz CT molecular complexity index is 2350. The number of amides is 6. The van der Waals surface area contributed by atoms with Crippen LogP contribution in [0, 0.1) is 17.8 Å². The Kier molecular flexibility index (Phi) is 25.2. The molecular formula is C56H79ClN6O11. The average Bonchev–Trinajstić information content (AvgIpc) is 3.36. The van der Waals surface area contributed by atoms with Gasteiger partial charge in [0, 0.05) is 48.8 Å². The molecule has 0 aliphatic carbocycles. The van der Waals surface area contributed by atoms with E-state index in [2.05, 4.69) is 21.3 Å². The normalized spacial score (nSPS) is 24.2. The maximum absolute atomic E-state index is 14.9. The Labute approximate surface area is 442 Å². The van der Waals surface area contributed by atoms with Gasteiger partial charge in [-0.1, -0.05) is 89.1 Å². The smallest absolute Gasteiger partial charge is 0.334 e. The molecule has 4 N–H and O–H groups in total. The molecule has 0 aromatic heterocycles. The maximum Gasteiger partial charge on any atom is 0.334 e. The molecule has 3 rings (SSSR count). The molecule has 2 aromatic carbocycles. The summed E-state index contributed by atoms with van der Waals surface area (Å²) in [5.41, 5.74) is 2.48. The van der Waals surface area contributed by atoms with Gasteiger partial charge in [0.15, 0.2) is 11.9 Å². The number of halogens is 1. The van der Waals surface area contributed by atoms with E-state index in [1.165, 1.54) is 32.8 Å². The lowest BCUT2D eigenvalue weighted by Gasteiger charge is -2.34. The van der Waals surface area contributed by atoms with E-state index in [-0.39, 0.29) is 54.9 Å². The highest BCUT2D eigenvalue weighted by Crippen LogP contribution is 2.24. The third-order valence-electron chi connectivity index (χ3n) is 13.4. The number of benzene rings is 2. The summed E-state index contributed by atoms with van der Waals surface area (Å²) in [6.45, 7) is 17.1. The molecular weight excluding hydrogens is 968 g/mol. The summed E-state index contributed by atoms with van der Waals surface area (Å²) in [5.74, 6) is -5.95. The summed E-state index contributed by atoms with van der Waals surface area (Å²) < 4.78 is 11.9. The van der Waals surface area contributed by atoms with Gasteiger partial charge in [0.05, 0.1) is 6.54 Å². The maximum atomic E-state index is 14.9. The van der Waals surface area contributed by atoms with Crippen LogP contribution in [0.3, 0.4) is 0 Å². The number of hydrogen-bond acceptors (Lipinski definition) is 11. The third kappa shape index (κ3) is 19.2. The number of rotatable bonds is 14. The number of nitrogens with one attached hydrogen (secondary N) is 4. The molecule has 18 heteroatoms. The van der Waals surface area contributed by atoms with Crippen LogP contribution in [0.1, 0.15) is 140 Å². The van der Waals surface area contributed by atoms with E-state index in [9.17, 15) is 43.2 Å². The van der Waals surface area contributed by atoms with Crippen molar-refractivity contribution in [3.63, 3.8) is 0 Å². The molecule has 0 spiro atoms. The van der Waals surface area contributed by atoms with Crippen molar-refractivity contribution >= 4 is 64.8 Å². The molecule has 0 unspecified atom stereocenters. The van der Waals surface area contributed by atoms with E-state index in [1.54, 1.807) is 68.5 Å². The summed E-state index contributed by atoms with van der Waals surface area (Å²) in [5, 5.41) is 11.6. The third-order valence-corrected chi connectivity index (χ3v) is 13.6. The fourth-order valence-electron chi connectivity index (χ4n) is 8.33. The monoisotopic (exact) mass is 1050 g/mol. The van der Waals surface area contributed by atoms with Crippen molar-refractivity contribution in [3.8, 4) is 0 Å². The Balaban J connectivity index is 2.09. The van der Waals surface area contributed by atoms with Gasteiger partial charge in [0.25, 0.3) is 11.8 Å². The van der Waals surface area contributed by atoms with Crippen molar-refractivity contribution < 1.29 is 52.6 Å². The fraction of sp³-hybridized carbons (Fsp3) is 0.554. The van der Waals surface area contributed by atoms with Gasteiger partial charge in [-0.2, -0.15) is 0 Å².